The van der Waals surface area contributed by atoms with E-state index in [9.17, 15) is 9.59 Å². The van der Waals surface area contributed by atoms with Crippen LogP contribution in [-0.2, 0) is 11.4 Å². The lowest BCUT2D eigenvalue weighted by atomic mass is 10.2. The third-order valence-electron chi connectivity index (χ3n) is 3.87. The molecular weight excluding hydrogens is 409 g/mol. The summed E-state index contributed by atoms with van der Waals surface area (Å²) >= 11 is 13.0. The molecule has 2 amide bonds. The molecule has 27 heavy (non-hydrogen) atoms. The molecule has 5 nitrogen and oxygen atoms in total. The van der Waals surface area contributed by atoms with Crippen molar-refractivity contribution in [2.45, 2.75) is 6.61 Å². The summed E-state index contributed by atoms with van der Waals surface area (Å²) in [5, 5.41) is 0.786. The number of halogens is 2. The second-order valence-electron chi connectivity index (χ2n) is 5.68. The first-order valence-electron chi connectivity index (χ1n) is 7.85. The van der Waals surface area contributed by atoms with E-state index >= 15 is 0 Å². The first-order chi connectivity index (χ1) is 12.9. The lowest BCUT2D eigenvalue weighted by Gasteiger charge is -2.12. The van der Waals surface area contributed by atoms with E-state index in [1.165, 1.54) is 14.2 Å². The fourth-order valence-electron chi connectivity index (χ4n) is 2.38. The van der Waals surface area contributed by atoms with Gasteiger partial charge in [-0.2, -0.15) is 0 Å². The number of methoxy groups -OCH3 is 1. The van der Waals surface area contributed by atoms with Crippen molar-refractivity contribution >= 4 is 52.2 Å². The number of hydrogen-bond donors (Lipinski definition) is 0. The van der Waals surface area contributed by atoms with Gasteiger partial charge in [-0.3, -0.25) is 14.5 Å². The third kappa shape index (κ3) is 4.40. The van der Waals surface area contributed by atoms with Crippen molar-refractivity contribution in [3.05, 3.63) is 62.5 Å². The molecule has 0 aliphatic carbocycles. The summed E-state index contributed by atoms with van der Waals surface area (Å²) in [5.74, 6) is 0.718. The number of carbonyl (C=O) groups excluding carboxylic acids is 2. The van der Waals surface area contributed by atoms with Gasteiger partial charge in [0.2, 0.25) is 0 Å². The van der Waals surface area contributed by atoms with E-state index in [2.05, 4.69) is 0 Å². The summed E-state index contributed by atoms with van der Waals surface area (Å²) in [4.78, 5) is 25.0. The molecule has 0 unspecified atom stereocenters. The molecule has 1 saturated heterocycles. The van der Waals surface area contributed by atoms with Crippen LogP contribution in [0.3, 0.4) is 0 Å². The van der Waals surface area contributed by atoms with Crippen molar-refractivity contribution in [2.24, 2.45) is 0 Å². The molecule has 0 atom stereocenters. The topological polar surface area (TPSA) is 55.8 Å². The van der Waals surface area contributed by atoms with Gasteiger partial charge >= 0.3 is 0 Å². The highest BCUT2D eigenvalue weighted by Crippen LogP contribution is 2.34. The van der Waals surface area contributed by atoms with Crippen LogP contribution in [0.5, 0.6) is 11.5 Å². The van der Waals surface area contributed by atoms with Crippen LogP contribution >= 0.6 is 35.0 Å². The Morgan fingerprint density at radius 3 is 2.52 bits per heavy atom. The molecule has 0 radical (unpaired) electrons. The second kappa shape index (κ2) is 8.25. The largest absolute Gasteiger partial charge is 0.493 e. The minimum Gasteiger partial charge on any atom is -0.493 e. The fourth-order valence-corrected chi connectivity index (χ4v) is 3.67. The second-order valence-corrected chi connectivity index (χ2v) is 7.51. The van der Waals surface area contributed by atoms with Crippen molar-refractivity contribution in [3.8, 4) is 11.5 Å². The predicted octanol–water partition coefficient (Wildman–Crippen LogP) is 5.25. The van der Waals surface area contributed by atoms with Crippen LogP contribution in [0, 0.1) is 0 Å². The minimum atomic E-state index is -0.318. The maximum Gasteiger partial charge on any atom is 0.293 e. The molecule has 0 bridgehead atoms. The molecule has 2 aromatic rings. The van der Waals surface area contributed by atoms with Gasteiger partial charge in [0.25, 0.3) is 11.1 Å². The molecule has 2 aromatic carbocycles. The van der Waals surface area contributed by atoms with Gasteiger partial charge in [-0.05, 0) is 47.7 Å². The Kier molecular flexibility index (Phi) is 5.99. The van der Waals surface area contributed by atoms with E-state index in [0.29, 0.717) is 26.4 Å². The monoisotopic (exact) mass is 423 g/mol. The number of nitrogens with zero attached hydrogens (tertiary/aromatic N) is 1. The molecule has 140 valence electrons. The number of benzene rings is 2. The molecule has 8 heteroatoms. The number of imide groups is 1. The van der Waals surface area contributed by atoms with E-state index < -0.39 is 0 Å². The molecule has 0 saturated carbocycles. The van der Waals surface area contributed by atoms with E-state index in [-0.39, 0.29) is 17.8 Å². The number of thioether (sulfide) groups is 1. The maximum atomic E-state index is 12.0. The molecule has 1 aliphatic rings. The molecule has 1 heterocycles. The molecule has 1 aliphatic heterocycles. The molecular formula is C19H15Cl2NO4S. The van der Waals surface area contributed by atoms with Crippen LogP contribution in [0.1, 0.15) is 11.1 Å². The zero-order valence-corrected chi connectivity index (χ0v) is 16.8. The Morgan fingerprint density at radius 1 is 1.11 bits per heavy atom. The summed E-state index contributed by atoms with van der Waals surface area (Å²) in [6.07, 6.45) is 1.65. The first kappa shape index (κ1) is 19.6. The van der Waals surface area contributed by atoms with E-state index in [0.717, 1.165) is 27.8 Å². The molecule has 0 spiro atoms. The van der Waals surface area contributed by atoms with Crippen molar-refractivity contribution in [2.75, 3.05) is 14.2 Å². The standard InChI is InChI=1S/C19H15Cl2NO4S/c1-22-18(23)17(27-19(22)24)8-11-3-6-15(16(7-11)25-2)26-10-12-4-5-13(20)9-14(12)21/h3-9H,10H2,1-2H3/b17-8-. The average Bonchev–Trinajstić information content (AvgIpc) is 2.88. The predicted molar refractivity (Wildman–Crippen MR) is 108 cm³/mol. The Morgan fingerprint density at radius 2 is 1.89 bits per heavy atom. The number of ether oxygens (including phenoxy) is 2. The molecule has 0 N–H and O–H groups in total. The number of rotatable bonds is 5. The van der Waals surface area contributed by atoms with Crippen molar-refractivity contribution in [3.63, 3.8) is 0 Å². The maximum absolute atomic E-state index is 12.0. The summed E-state index contributed by atoms with van der Waals surface area (Å²) < 4.78 is 11.2. The van der Waals surface area contributed by atoms with Gasteiger partial charge < -0.3 is 9.47 Å². The first-order valence-corrected chi connectivity index (χ1v) is 9.42. The number of hydrogen-bond acceptors (Lipinski definition) is 5. The lowest BCUT2D eigenvalue weighted by molar-refractivity contribution is -0.121. The quantitative estimate of drug-likeness (QED) is 0.614. The zero-order chi connectivity index (χ0) is 19.6. The molecule has 1 fully saturated rings. The molecule has 0 aromatic heterocycles. The van der Waals surface area contributed by atoms with Gasteiger partial charge in [-0.25, -0.2) is 0 Å². The Hall–Kier alpha value is -2.15. The van der Waals surface area contributed by atoms with Crippen LogP contribution in [0.15, 0.2) is 41.3 Å². The number of likely N-dealkylation sites (N-methyl/N-ethyl adjacent to an activating group) is 1. The van der Waals surface area contributed by atoms with Crippen molar-refractivity contribution in [1.29, 1.82) is 0 Å². The van der Waals surface area contributed by atoms with Crippen LogP contribution in [0.25, 0.3) is 6.08 Å². The van der Waals surface area contributed by atoms with Crippen LogP contribution in [0.2, 0.25) is 10.0 Å². The highest BCUT2D eigenvalue weighted by atomic mass is 35.5. The molecule has 3 rings (SSSR count). The highest BCUT2D eigenvalue weighted by Gasteiger charge is 2.31. The smallest absolute Gasteiger partial charge is 0.293 e. The fraction of sp³-hybridized carbons (Fsp3) is 0.158. The zero-order valence-electron chi connectivity index (χ0n) is 14.5. The van der Waals surface area contributed by atoms with E-state index in [1.807, 2.05) is 0 Å². The van der Waals surface area contributed by atoms with E-state index in [1.54, 1.807) is 42.5 Å². The van der Waals surface area contributed by atoms with Crippen LogP contribution < -0.4 is 9.47 Å². The van der Waals surface area contributed by atoms with Gasteiger partial charge in [0.1, 0.15) is 6.61 Å². The van der Waals surface area contributed by atoms with Gasteiger partial charge in [0, 0.05) is 22.7 Å². The van der Waals surface area contributed by atoms with Crippen LogP contribution in [-0.4, -0.2) is 30.2 Å². The summed E-state index contributed by atoms with van der Waals surface area (Å²) in [5.41, 5.74) is 1.52. The minimum absolute atomic E-state index is 0.250. The van der Waals surface area contributed by atoms with Gasteiger partial charge in [0.15, 0.2) is 11.5 Å². The van der Waals surface area contributed by atoms with Gasteiger partial charge in [-0.15, -0.1) is 0 Å². The number of amides is 2. The van der Waals surface area contributed by atoms with Crippen molar-refractivity contribution in [1.82, 2.24) is 4.90 Å². The van der Waals surface area contributed by atoms with Gasteiger partial charge in [-0.1, -0.05) is 35.3 Å². The number of carbonyl (C=O) groups is 2. The lowest BCUT2D eigenvalue weighted by Crippen LogP contribution is -2.22. The summed E-state index contributed by atoms with van der Waals surface area (Å²) in [6, 6.07) is 10.5. The SMILES string of the molecule is COc1cc(/C=C2\SC(=O)N(C)C2=O)ccc1OCc1ccc(Cl)cc1Cl. The average molecular weight is 424 g/mol. The summed E-state index contributed by atoms with van der Waals surface area (Å²) in [7, 11) is 2.99. The van der Waals surface area contributed by atoms with Crippen molar-refractivity contribution < 1.29 is 19.1 Å². The highest BCUT2D eigenvalue weighted by molar-refractivity contribution is 8.18. The normalized spacial score (nSPS) is 15.6. The van der Waals surface area contributed by atoms with Gasteiger partial charge in [0.05, 0.1) is 12.0 Å². The Balaban J connectivity index is 1.78. The Bertz CT molecular complexity index is 945. The van der Waals surface area contributed by atoms with Crippen LogP contribution in [0.4, 0.5) is 4.79 Å². The summed E-state index contributed by atoms with van der Waals surface area (Å²) in [6.45, 7) is 0.250. The van der Waals surface area contributed by atoms with E-state index in [4.69, 9.17) is 32.7 Å². The third-order valence-corrected chi connectivity index (χ3v) is 5.42. The Labute approximate surface area is 170 Å².